The predicted octanol–water partition coefficient (Wildman–Crippen LogP) is 4.14. The number of piperazine rings is 1. The molecule has 0 spiro atoms. The predicted molar refractivity (Wildman–Crippen MR) is 134 cm³/mol. The van der Waals surface area contributed by atoms with E-state index in [9.17, 15) is 14.7 Å². The molecule has 3 aromatic carbocycles. The molecule has 0 aliphatic carbocycles. The molecule has 5 rings (SSSR count). The summed E-state index contributed by atoms with van der Waals surface area (Å²) in [6.07, 6.45) is 0. The molecule has 2 heterocycles. The molecular weight excluding hydrogens is 450 g/mol. The van der Waals surface area contributed by atoms with Crippen molar-refractivity contribution in [1.82, 2.24) is 5.32 Å². The Morgan fingerprint density at radius 3 is 2.29 bits per heavy atom. The van der Waals surface area contributed by atoms with Crippen LogP contribution in [0.25, 0.3) is 0 Å². The van der Waals surface area contributed by atoms with Crippen molar-refractivity contribution in [3.05, 3.63) is 88.4 Å². The third-order valence-electron chi connectivity index (χ3n) is 6.79. The van der Waals surface area contributed by atoms with E-state index in [2.05, 4.69) is 10.2 Å². The van der Waals surface area contributed by atoms with Gasteiger partial charge in [0.15, 0.2) is 5.78 Å². The van der Waals surface area contributed by atoms with Gasteiger partial charge in [0, 0.05) is 31.2 Å². The number of phenolic OH excluding ortho intramolecular Hbond substituents is 1. The van der Waals surface area contributed by atoms with Crippen molar-refractivity contribution < 1.29 is 14.7 Å². The third-order valence-corrected chi connectivity index (χ3v) is 7.01. The van der Waals surface area contributed by atoms with Gasteiger partial charge in [0.1, 0.15) is 11.2 Å². The number of nitrogens with zero attached hydrogens (tertiary/aromatic N) is 2. The van der Waals surface area contributed by atoms with Crippen LogP contribution in [0, 0.1) is 0 Å². The number of carbonyl (C=O) groups excluding carboxylic acids is 2. The maximum absolute atomic E-state index is 14.2. The van der Waals surface area contributed by atoms with Crippen molar-refractivity contribution in [3.8, 4) is 5.75 Å². The van der Waals surface area contributed by atoms with E-state index in [0.717, 1.165) is 37.4 Å². The maximum Gasteiger partial charge on any atom is 0.245 e. The fourth-order valence-corrected chi connectivity index (χ4v) is 5.08. The van der Waals surface area contributed by atoms with Crippen molar-refractivity contribution in [1.29, 1.82) is 0 Å². The van der Waals surface area contributed by atoms with Gasteiger partial charge in [0.05, 0.1) is 23.5 Å². The van der Waals surface area contributed by atoms with Gasteiger partial charge in [-0.3, -0.25) is 9.59 Å². The van der Waals surface area contributed by atoms with Crippen molar-refractivity contribution in [2.75, 3.05) is 36.0 Å². The van der Waals surface area contributed by atoms with Crippen molar-refractivity contribution >= 4 is 34.7 Å². The summed E-state index contributed by atoms with van der Waals surface area (Å²) in [6, 6.07) is 19.6. The van der Waals surface area contributed by atoms with E-state index in [0.29, 0.717) is 28.4 Å². The highest BCUT2D eigenvalue weighted by Gasteiger charge is 2.52. The van der Waals surface area contributed by atoms with Crippen LogP contribution >= 0.6 is 11.6 Å². The molecule has 0 aromatic heterocycles. The summed E-state index contributed by atoms with van der Waals surface area (Å²) in [4.78, 5) is 32.1. The lowest BCUT2D eigenvalue weighted by Gasteiger charge is -2.42. The van der Waals surface area contributed by atoms with Crippen LogP contribution in [0.5, 0.6) is 5.75 Å². The molecule has 7 heteroatoms. The van der Waals surface area contributed by atoms with E-state index in [-0.39, 0.29) is 17.4 Å². The van der Waals surface area contributed by atoms with Gasteiger partial charge in [0.2, 0.25) is 5.91 Å². The van der Waals surface area contributed by atoms with E-state index < -0.39 is 5.41 Å². The minimum Gasteiger partial charge on any atom is -0.508 e. The molecule has 1 amide bonds. The molecule has 1 saturated heterocycles. The van der Waals surface area contributed by atoms with Gasteiger partial charge in [-0.25, -0.2) is 0 Å². The molecule has 34 heavy (non-hydrogen) atoms. The van der Waals surface area contributed by atoms with Gasteiger partial charge < -0.3 is 20.2 Å². The van der Waals surface area contributed by atoms with Gasteiger partial charge >= 0.3 is 0 Å². The number of fused-ring (bicyclic) bond motifs is 1. The number of phenols is 1. The number of amides is 1. The molecule has 0 radical (unpaired) electrons. The fourth-order valence-electron chi connectivity index (χ4n) is 4.88. The molecule has 2 aliphatic heterocycles. The summed E-state index contributed by atoms with van der Waals surface area (Å²) >= 11 is 6.55. The van der Waals surface area contributed by atoms with Crippen molar-refractivity contribution in [2.45, 2.75) is 18.9 Å². The van der Waals surface area contributed by atoms with Crippen molar-refractivity contribution in [3.63, 3.8) is 0 Å². The van der Waals surface area contributed by atoms with Crippen LogP contribution in [0.1, 0.15) is 28.4 Å². The van der Waals surface area contributed by atoms with Gasteiger partial charge in [-0.05, 0) is 42.3 Å². The number of rotatable bonds is 4. The Balaban J connectivity index is 1.72. The molecule has 6 nitrogen and oxygen atoms in total. The SMILES string of the molecule is C[C@@]1(c2ccc(O)cc2)C(=O)c2c(N3CCNCC3)cc(Cl)cc2N(Cc2ccccc2)C1=O. The Morgan fingerprint density at radius 2 is 1.62 bits per heavy atom. The Hall–Kier alpha value is -3.35. The Morgan fingerprint density at radius 1 is 0.971 bits per heavy atom. The molecule has 0 unspecified atom stereocenters. The van der Waals surface area contributed by atoms with E-state index in [4.69, 9.17) is 11.6 Å². The number of halogens is 1. The lowest BCUT2D eigenvalue weighted by molar-refractivity contribution is -0.122. The summed E-state index contributed by atoms with van der Waals surface area (Å²) in [7, 11) is 0. The fraction of sp³-hybridized carbons (Fsp3) is 0.259. The smallest absolute Gasteiger partial charge is 0.245 e. The van der Waals surface area contributed by atoms with Crippen LogP contribution in [0.15, 0.2) is 66.7 Å². The highest BCUT2D eigenvalue weighted by atomic mass is 35.5. The minimum atomic E-state index is -1.44. The first-order valence-electron chi connectivity index (χ1n) is 11.4. The summed E-state index contributed by atoms with van der Waals surface area (Å²) < 4.78 is 0. The first-order chi connectivity index (χ1) is 16.4. The molecule has 3 aromatic rings. The highest BCUT2D eigenvalue weighted by molar-refractivity contribution is 6.34. The second-order valence-corrected chi connectivity index (χ2v) is 9.37. The van der Waals surface area contributed by atoms with Crippen LogP contribution in [0.2, 0.25) is 5.02 Å². The monoisotopic (exact) mass is 475 g/mol. The molecule has 1 fully saturated rings. The van der Waals surface area contributed by atoms with E-state index >= 15 is 0 Å². The maximum atomic E-state index is 14.2. The van der Waals surface area contributed by atoms with Crippen LogP contribution in [-0.4, -0.2) is 43.0 Å². The largest absolute Gasteiger partial charge is 0.508 e. The number of hydrogen-bond donors (Lipinski definition) is 2. The number of Topliss-reactive ketones (excluding diaryl/α,β-unsaturated/α-hetero) is 1. The van der Waals surface area contributed by atoms with Crippen LogP contribution in [0.4, 0.5) is 11.4 Å². The average Bonchev–Trinajstić information content (AvgIpc) is 2.86. The topological polar surface area (TPSA) is 72.9 Å². The van der Waals surface area contributed by atoms with E-state index in [1.54, 1.807) is 30.0 Å². The average molecular weight is 476 g/mol. The highest BCUT2D eigenvalue weighted by Crippen LogP contribution is 2.46. The summed E-state index contributed by atoms with van der Waals surface area (Å²) in [5.74, 6) is -0.487. The number of benzene rings is 3. The number of carbonyl (C=O) groups is 2. The molecule has 1 atom stereocenters. The normalized spacial score (nSPS) is 20.4. The van der Waals surface area contributed by atoms with Gasteiger partial charge in [0.25, 0.3) is 0 Å². The number of anilines is 2. The number of ketones is 1. The first kappa shape index (κ1) is 22.4. The standard InChI is InChI=1S/C27H26ClN3O3/c1-27(19-7-9-21(32)10-8-19)25(33)24-22(30-13-11-29-12-14-30)15-20(28)16-23(24)31(26(27)34)17-18-5-3-2-4-6-18/h2-10,15-16,29,32H,11-14,17H2,1H3/t27-/m1/s1. The molecular formula is C27H26ClN3O3. The number of aromatic hydroxyl groups is 1. The van der Waals surface area contributed by atoms with Crippen LogP contribution in [0.3, 0.4) is 0 Å². The zero-order valence-electron chi connectivity index (χ0n) is 18.9. The number of hydrogen-bond acceptors (Lipinski definition) is 5. The van der Waals surface area contributed by atoms with E-state index in [1.807, 2.05) is 36.4 Å². The van der Waals surface area contributed by atoms with E-state index in [1.165, 1.54) is 12.1 Å². The summed E-state index contributed by atoms with van der Waals surface area (Å²) in [5.41, 5.74) is 1.86. The van der Waals surface area contributed by atoms with Gasteiger partial charge in [-0.2, -0.15) is 0 Å². The van der Waals surface area contributed by atoms with Crippen molar-refractivity contribution in [2.24, 2.45) is 0 Å². The van der Waals surface area contributed by atoms with Crippen LogP contribution in [-0.2, 0) is 16.8 Å². The lowest BCUT2D eigenvalue weighted by Crippen LogP contribution is -2.55. The molecule has 2 N–H and O–H groups in total. The van der Waals surface area contributed by atoms with Gasteiger partial charge in [-0.15, -0.1) is 0 Å². The summed E-state index contributed by atoms with van der Waals surface area (Å²) in [6.45, 7) is 5.08. The van der Waals surface area contributed by atoms with Gasteiger partial charge in [-0.1, -0.05) is 54.1 Å². The summed E-state index contributed by atoms with van der Waals surface area (Å²) in [5, 5.41) is 13.6. The lowest BCUT2D eigenvalue weighted by atomic mass is 9.71. The zero-order chi connectivity index (χ0) is 23.9. The Labute approximate surface area is 203 Å². The second kappa shape index (κ2) is 8.78. The van der Waals surface area contributed by atoms with Crippen LogP contribution < -0.4 is 15.1 Å². The third kappa shape index (κ3) is 3.73. The number of nitrogens with one attached hydrogen (secondary N) is 1. The Bertz CT molecular complexity index is 1240. The first-order valence-corrected chi connectivity index (χ1v) is 11.8. The zero-order valence-corrected chi connectivity index (χ0v) is 19.7. The minimum absolute atomic E-state index is 0.0814. The molecule has 0 saturated carbocycles. The molecule has 174 valence electrons. The Kier molecular flexibility index (Phi) is 5.80. The molecule has 0 bridgehead atoms. The quantitative estimate of drug-likeness (QED) is 0.555. The second-order valence-electron chi connectivity index (χ2n) is 8.93. The molecule has 2 aliphatic rings.